The summed E-state index contributed by atoms with van der Waals surface area (Å²) < 4.78 is 15.5. The molecule has 1 unspecified atom stereocenters. The van der Waals surface area contributed by atoms with Crippen molar-refractivity contribution in [2.75, 3.05) is 13.2 Å². The molecule has 1 aromatic carbocycles. The van der Waals surface area contributed by atoms with Gasteiger partial charge in [-0.3, -0.25) is 0 Å². The predicted octanol–water partition coefficient (Wildman–Crippen LogP) is 0.707. The van der Waals surface area contributed by atoms with Gasteiger partial charge < -0.3 is 9.84 Å². The summed E-state index contributed by atoms with van der Waals surface area (Å²) in [5.74, 6) is 0.686. The fraction of sp³-hybridized carbons (Fsp3) is 0.250. The lowest BCUT2D eigenvalue weighted by Crippen LogP contribution is -2.02. The van der Waals surface area contributed by atoms with Gasteiger partial charge in [0.15, 0.2) is 5.30 Å². The van der Waals surface area contributed by atoms with E-state index in [4.69, 9.17) is 9.84 Å². The third kappa shape index (κ3) is 2.61. The topological polar surface area (TPSA) is 46.5 Å². The molecule has 0 aliphatic rings. The lowest BCUT2D eigenvalue weighted by Gasteiger charge is -2.01. The fourth-order valence-corrected chi connectivity index (χ4v) is 1.09. The Labute approximate surface area is 72.2 Å². The Balaban J connectivity index is 2.58. The van der Waals surface area contributed by atoms with E-state index < -0.39 is 8.46 Å². The molecule has 1 N–H and O–H groups in total. The van der Waals surface area contributed by atoms with E-state index in [1.807, 2.05) is 0 Å². The average molecular weight is 185 g/mol. The maximum atomic E-state index is 10.4. The Hall–Kier alpha value is -0.920. The van der Waals surface area contributed by atoms with Gasteiger partial charge in [-0.05, 0) is 24.3 Å². The van der Waals surface area contributed by atoms with Crippen molar-refractivity contribution >= 4 is 13.8 Å². The molecule has 0 spiro atoms. The number of aliphatic hydroxyl groups is 1. The van der Waals surface area contributed by atoms with Gasteiger partial charge in [-0.2, -0.15) is 0 Å². The van der Waals surface area contributed by atoms with Crippen molar-refractivity contribution in [2.45, 2.75) is 0 Å². The highest BCUT2D eigenvalue weighted by Gasteiger charge is 1.98. The van der Waals surface area contributed by atoms with E-state index in [0.29, 0.717) is 12.4 Å². The summed E-state index contributed by atoms with van der Waals surface area (Å²) in [6.07, 6.45) is 0. The van der Waals surface area contributed by atoms with Crippen LogP contribution in [0.15, 0.2) is 24.3 Å². The van der Waals surface area contributed by atoms with E-state index in [9.17, 15) is 4.57 Å². The molecule has 1 aromatic rings. The first-order chi connectivity index (χ1) is 5.86. The van der Waals surface area contributed by atoms with Crippen LogP contribution in [0, 0.1) is 0 Å². The Bertz CT molecular complexity index is 245. The molecule has 3 nitrogen and oxygen atoms in total. The highest BCUT2D eigenvalue weighted by atomic mass is 31.1. The zero-order chi connectivity index (χ0) is 8.81. The van der Waals surface area contributed by atoms with Crippen LogP contribution in [0.25, 0.3) is 0 Å². The number of ether oxygens (including phenoxy) is 1. The number of aliphatic hydroxyl groups excluding tert-OH is 1. The normalized spacial score (nSPS) is 10.1. The summed E-state index contributed by atoms with van der Waals surface area (Å²) in [6.45, 7) is 0.296. The van der Waals surface area contributed by atoms with Crippen molar-refractivity contribution in [1.82, 2.24) is 0 Å². The predicted molar refractivity (Wildman–Crippen MR) is 47.7 cm³/mol. The largest absolute Gasteiger partial charge is 0.491 e. The van der Waals surface area contributed by atoms with Gasteiger partial charge in [-0.25, -0.2) is 0 Å². The molecule has 64 valence electrons. The summed E-state index contributed by atoms with van der Waals surface area (Å²) in [7, 11) is -0.426. The van der Waals surface area contributed by atoms with Gasteiger partial charge in [-0.1, -0.05) is 4.57 Å². The second-order valence-corrected chi connectivity index (χ2v) is 2.98. The molecular formula is C8H10O3P+. The first kappa shape index (κ1) is 9.17. The third-order valence-electron chi connectivity index (χ3n) is 1.33. The number of rotatable bonds is 4. The summed E-state index contributed by atoms with van der Waals surface area (Å²) in [4.78, 5) is 0. The molecule has 0 aliphatic carbocycles. The van der Waals surface area contributed by atoms with Crippen molar-refractivity contribution in [1.29, 1.82) is 0 Å². The average Bonchev–Trinajstić information content (AvgIpc) is 2.15. The summed E-state index contributed by atoms with van der Waals surface area (Å²) in [6, 6.07) is 6.93. The zero-order valence-electron chi connectivity index (χ0n) is 6.49. The van der Waals surface area contributed by atoms with Crippen molar-refractivity contribution in [2.24, 2.45) is 0 Å². The van der Waals surface area contributed by atoms with Crippen LogP contribution in [0.4, 0.5) is 0 Å². The van der Waals surface area contributed by atoms with Crippen molar-refractivity contribution < 1.29 is 14.4 Å². The van der Waals surface area contributed by atoms with Gasteiger partial charge in [0, 0.05) is 0 Å². The maximum Gasteiger partial charge on any atom is 0.363 e. The van der Waals surface area contributed by atoms with Gasteiger partial charge in [0.1, 0.15) is 12.4 Å². The third-order valence-corrected chi connectivity index (χ3v) is 1.90. The quantitative estimate of drug-likeness (QED) is 0.702. The lowest BCUT2D eigenvalue weighted by atomic mass is 10.3. The minimum atomic E-state index is -0.426. The van der Waals surface area contributed by atoms with Crippen molar-refractivity contribution in [3.8, 4) is 5.75 Å². The van der Waals surface area contributed by atoms with Gasteiger partial charge in [0.25, 0.3) is 0 Å². The fourth-order valence-electron chi connectivity index (χ4n) is 0.783. The van der Waals surface area contributed by atoms with E-state index in [-0.39, 0.29) is 6.61 Å². The molecule has 1 rings (SSSR count). The van der Waals surface area contributed by atoms with Crippen LogP contribution in [0.3, 0.4) is 0 Å². The minimum absolute atomic E-state index is 0.00502. The van der Waals surface area contributed by atoms with Crippen molar-refractivity contribution in [3.05, 3.63) is 24.3 Å². The first-order valence-electron chi connectivity index (χ1n) is 3.58. The standard InChI is InChI=1S/C8H9O3P/c9-5-6-11-7-1-3-8(12-10)4-2-7/h1-4,9H,5-6H2/p+1. The summed E-state index contributed by atoms with van der Waals surface area (Å²) in [5, 5.41) is 9.22. The van der Waals surface area contributed by atoms with E-state index >= 15 is 0 Å². The zero-order valence-corrected chi connectivity index (χ0v) is 7.49. The molecular weight excluding hydrogens is 175 g/mol. The Morgan fingerprint density at radius 1 is 1.33 bits per heavy atom. The Morgan fingerprint density at radius 2 is 2.00 bits per heavy atom. The Morgan fingerprint density at radius 3 is 2.50 bits per heavy atom. The minimum Gasteiger partial charge on any atom is -0.491 e. The second-order valence-electron chi connectivity index (χ2n) is 2.20. The van der Waals surface area contributed by atoms with E-state index in [2.05, 4.69) is 0 Å². The van der Waals surface area contributed by atoms with Crippen LogP contribution < -0.4 is 10.0 Å². The van der Waals surface area contributed by atoms with Gasteiger partial charge in [0.05, 0.1) is 6.61 Å². The molecule has 0 amide bonds. The maximum absolute atomic E-state index is 10.4. The lowest BCUT2D eigenvalue weighted by molar-refractivity contribution is 0.201. The van der Waals surface area contributed by atoms with Gasteiger partial charge in [-0.15, -0.1) is 0 Å². The highest BCUT2D eigenvalue weighted by Crippen LogP contribution is 2.09. The van der Waals surface area contributed by atoms with Crippen molar-refractivity contribution in [3.63, 3.8) is 0 Å². The summed E-state index contributed by atoms with van der Waals surface area (Å²) >= 11 is 0. The molecule has 0 aliphatic heterocycles. The first-order valence-corrected chi connectivity index (χ1v) is 4.49. The van der Waals surface area contributed by atoms with Crippen LogP contribution in [0.2, 0.25) is 0 Å². The SMILES string of the molecule is O=[PH+]c1ccc(OCCO)cc1. The van der Waals surface area contributed by atoms with E-state index in [0.717, 1.165) is 5.30 Å². The van der Waals surface area contributed by atoms with Crippen LogP contribution in [-0.2, 0) is 4.57 Å². The van der Waals surface area contributed by atoms with Crippen LogP contribution >= 0.6 is 8.46 Å². The molecule has 4 heteroatoms. The Kier molecular flexibility index (Phi) is 3.71. The van der Waals surface area contributed by atoms with E-state index in [1.165, 1.54) is 0 Å². The molecule has 0 fully saturated rings. The molecule has 0 heterocycles. The van der Waals surface area contributed by atoms with Gasteiger partial charge in [0.2, 0.25) is 0 Å². The molecule has 0 bridgehead atoms. The molecule has 0 saturated carbocycles. The van der Waals surface area contributed by atoms with Crippen LogP contribution in [-0.4, -0.2) is 18.3 Å². The molecule has 0 saturated heterocycles. The number of hydrogen-bond acceptors (Lipinski definition) is 3. The van der Waals surface area contributed by atoms with Crippen LogP contribution in [0.1, 0.15) is 0 Å². The van der Waals surface area contributed by atoms with Crippen LogP contribution in [0.5, 0.6) is 5.75 Å². The number of benzene rings is 1. The smallest absolute Gasteiger partial charge is 0.363 e. The van der Waals surface area contributed by atoms with Gasteiger partial charge >= 0.3 is 8.46 Å². The van der Waals surface area contributed by atoms with E-state index in [1.54, 1.807) is 24.3 Å². The molecule has 0 aromatic heterocycles. The molecule has 0 radical (unpaired) electrons. The molecule has 1 atom stereocenters. The monoisotopic (exact) mass is 185 g/mol. The number of hydrogen-bond donors (Lipinski definition) is 1. The molecule has 12 heavy (non-hydrogen) atoms. The highest BCUT2D eigenvalue weighted by molar-refractivity contribution is 7.34. The second kappa shape index (κ2) is 4.86. The summed E-state index contributed by atoms with van der Waals surface area (Å²) in [5.41, 5.74) is 0.